The van der Waals surface area contributed by atoms with Crippen LogP contribution in [0.2, 0.25) is 25.2 Å². The molecular formula is C13H20OSi. The van der Waals surface area contributed by atoms with Crippen molar-refractivity contribution < 1.29 is 5.11 Å². The van der Waals surface area contributed by atoms with Crippen LogP contribution in [0.5, 0.6) is 0 Å². The van der Waals surface area contributed by atoms with Crippen molar-refractivity contribution in [1.29, 1.82) is 0 Å². The molecule has 0 unspecified atom stereocenters. The highest BCUT2D eigenvalue weighted by Gasteiger charge is 2.30. The molecule has 0 heterocycles. The highest BCUT2D eigenvalue weighted by Crippen LogP contribution is 2.35. The first-order valence-electron chi connectivity index (χ1n) is 5.32. The predicted molar refractivity (Wildman–Crippen MR) is 68.7 cm³/mol. The van der Waals surface area contributed by atoms with E-state index >= 15 is 0 Å². The standard InChI is InChI=1S/C13H20OSi/c1-5-12(15(2,3)4)13(14)11-9-7-6-8-10-11/h5-10,12-14H,1H2,2-4H3/t12-,13+/m0/s1. The van der Waals surface area contributed by atoms with Gasteiger partial charge in [-0.2, -0.15) is 0 Å². The van der Waals surface area contributed by atoms with E-state index in [2.05, 4.69) is 26.2 Å². The van der Waals surface area contributed by atoms with Crippen molar-refractivity contribution in [3.8, 4) is 0 Å². The van der Waals surface area contributed by atoms with Crippen LogP contribution in [0.4, 0.5) is 0 Å². The lowest BCUT2D eigenvalue weighted by atomic mass is 10.1. The molecule has 0 radical (unpaired) electrons. The zero-order valence-corrected chi connectivity index (χ0v) is 10.8. The molecule has 0 amide bonds. The molecule has 2 atom stereocenters. The quantitative estimate of drug-likeness (QED) is 0.607. The molecule has 1 aromatic rings. The van der Waals surface area contributed by atoms with Crippen LogP contribution >= 0.6 is 0 Å². The molecule has 0 saturated carbocycles. The van der Waals surface area contributed by atoms with Gasteiger partial charge in [0.2, 0.25) is 0 Å². The number of aliphatic hydroxyl groups excluding tert-OH is 1. The monoisotopic (exact) mass is 220 g/mol. The third kappa shape index (κ3) is 3.04. The van der Waals surface area contributed by atoms with Crippen LogP contribution in [0.15, 0.2) is 43.0 Å². The van der Waals surface area contributed by atoms with E-state index in [0.29, 0.717) is 0 Å². The lowest BCUT2D eigenvalue weighted by Gasteiger charge is -2.30. The van der Waals surface area contributed by atoms with Crippen molar-refractivity contribution >= 4 is 8.07 Å². The molecule has 82 valence electrons. The Balaban J connectivity index is 2.92. The van der Waals surface area contributed by atoms with Gasteiger partial charge >= 0.3 is 0 Å². The van der Waals surface area contributed by atoms with E-state index in [1.807, 2.05) is 36.4 Å². The summed E-state index contributed by atoms with van der Waals surface area (Å²) in [7, 11) is -1.40. The van der Waals surface area contributed by atoms with Gasteiger partial charge in [0.1, 0.15) is 0 Å². The molecule has 0 bridgehead atoms. The van der Waals surface area contributed by atoms with Gasteiger partial charge in [0.05, 0.1) is 14.2 Å². The van der Waals surface area contributed by atoms with E-state index in [-0.39, 0.29) is 5.54 Å². The maximum absolute atomic E-state index is 10.3. The van der Waals surface area contributed by atoms with Gasteiger partial charge in [0.25, 0.3) is 0 Å². The Kier molecular flexibility index (Phi) is 3.88. The van der Waals surface area contributed by atoms with Gasteiger partial charge in [-0.05, 0) is 5.56 Å². The molecule has 0 saturated heterocycles. The lowest BCUT2D eigenvalue weighted by molar-refractivity contribution is 0.179. The van der Waals surface area contributed by atoms with E-state index in [9.17, 15) is 5.11 Å². The predicted octanol–water partition coefficient (Wildman–Crippen LogP) is 3.61. The van der Waals surface area contributed by atoms with Gasteiger partial charge < -0.3 is 5.11 Å². The number of hydrogen-bond acceptors (Lipinski definition) is 1. The van der Waals surface area contributed by atoms with E-state index in [4.69, 9.17) is 0 Å². The molecule has 1 nitrogen and oxygen atoms in total. The Bertz CT molecular complexity index is 313. The SMILES string of the molecule is C=C[C@@H]([C@H](O)c1ccccc1)[Si](C)(C)C. The maximum atomic E-state index is 10.3. The minimum absolute atomic E-state index is 0.208. The van der Waals surface area contributed by atoms with Gasteiger partial charge in [0.15, 0.2) is 0 Å². The summed E-state index contributed by atoms with van der Waals surface area (Å²) in [5.41, 5.74) is 1.20. The smallest absolute Gasteiger partial charge is 0.0828 e. The third-order valence-corrected chi connectivity index (χ3v) is 5.29. The van der Waals surface area contributed by atoms with E-state index in [1.54, 1.807) is 0 Å². The van der Waals surface area contributed by atoms with Crippen LogP contribution < -0.4 is 0 Å². The fraction of sp³-hybridized carbons (Fsp3) is 0.385. The summed E-state index contributed by atoms with van der Waals surface area (Å²) in [6.07, 6.45) is 1.50. The Morgan fingerprint density at radius 1 is 1.20 bits per heavy atom. The fourth-order valence-corrected chi connectivity index (χ4v) is 3.66. The van der Waals surface area contributed by atoms with Crippen LogP contribution in [-0.4, -0.2) is 13.2 Å². The second-order valence-electron chi connectivity index (χ2n) is 4.98. The zero-order chi connectivity index (χ0) is 11.5. The molecule has 0 spiro atoms. The molecular weight excluding hydrogens is 200 g/mol. The summed E-state index contributed by atoms with van der Waals surface area (Å²) < 4.78 is 0. The van der Waals surface area contributed by atoms with Crippen LogP contribution in [0.1, 0.15) is 11.7 Å². The number of rotatable bonds is 4. The van der Waals surface area contributed by atoms with Crippen LogP contribution in [-0.2, 0) is 0 Å². The Morgan fingerprint density at radius 3 is 2.13 bits per heavy atom. The highest BCUT2D eigenvalue weighted by molar-refractivity contribution is 6.78. The molecule has 1 rings (SSSR count). The molecule has 2 heteroatoms. The Hall–Kier alpha value is -0.863. The molecule has 0 aliphatic carbocycles. The average molecular weight is 220 g/mol. The number of benzene rings is 1. The minimum Gasteiger partial charge on any atom is -0.388 e. The van der Waals surface area contributed by atoms with Crippen molar-refractivity contribution in [2.45, 2.75) is 31.3 Å². The van der Waals surface area contributed by atoms with Gasteiger partial charge in [-0.3, -0.25) is 0 Å². The summed E-state index contributed by atoms with van der Waals surface area (Å²) in [6.45, 7) is 10.6. The third-order valence-electron chi connectivity index (χ3n) is 2.74. The molecule has 0 aliphatic heterocycles. The number of aliphatic hydroxyl groups is 1. The Morgan fingerprint density at radius 2 is 1.73 bits per heavy atom. The van der Waals surface area contributed by atoms with Gasteiger partial charge in [-0.1, -0.05) is 56.0 Å². The molecule has 15 heavy (non-hydrogen) atoms. The summed E-state index contributed by atoms with van der Waals surface area (Å²) in [6, 6.07) is 9.84. The summed E-state index contributed by atoms with van der Waals surface area (Å²) in [5.74, 6) is 0. The zero-order valence-electron chi connectivity index (χ0n) is 9.77. The van der Waals surface area contributed by atoms with Crippen molar-refractivity contribution in [3.63, 3.8) is 0 Å². The first-order valence-corrected chi connectivity index (χ1v) is 8.90. The highest BCUT2D eigenvalue weighted by atomic mass is 28.3. The summed E-state index contributed by atoms with van der Waals surface area (Å²) in [4.78, 5) is 0. The Labute approximate surface area is 93.5 Å². The summed E-state index contributed by atoms with van der Waals surface area (Å²) in [5, 5.41) is 10.3. The fourth-order valence-electron chi connectivity index (χ4n) is 1.81. The van der Waals surface area contributed by atoms with Crippen molar-refractivity contribution in [2.24, 2.45) is 0 Å². The second kappa shape index (κ2) is 4.77. The van der Waals surface area contributed by atoms with Gasteiger partial charge in [-0.15, -0.1) is 6.58 Å². The van der Waals surface area contributed by atoms with Gasteiger partial charge in [-0.25, -0.2) is 0 Å². The van der Waals surface area contributed by atoms with Crippen LogP contribution in [0.3, 0.4) is 0 Å². The van der Waals surface area contributed by atoms with Crippen molar-refractivity contribution in [1.82, 2.24) is 0 Å². The summed E-state index contributed by atoms with van der Waals surface area (Å²) >= 11 is 0. The van der Waals surface area contributed by atoms with E-state index < -0.39 is 14.2 Å². The first-order chi connectivity index (χ1) is 6.96. The van der Waals surface area contributed by atoms with Crippen LogP contribution in [0, 0.1) is 0 Å². The largest absolute Gasteiger partial charge is 0.388 e. The van der Waals surface area contributed by atoms with Crippen molar-refractivity contribution in [2.75, 3.05) is 0 Å². The molecule has 1 N–H and O–H groups in total. The maximum Gasteiger partial charge on any atom is 0.0828 e. The van der Waals surface area contributed by atoms with Crippen molar-refractivity contribution in [3.05, 3.63) is 48.6 Å². The second-order valence-corrected chi connectivity index (χ2v) is 10.4. The molecule has 0 fully saturated rings. The number of hydrogen-bond donors (Lipinski definition) is 1. The molecule has 0 aliphatic rings. The topological polar surface area (TPSA) is 20.2 Å². The molecule has 1 aromatic carbocycles. The van der Waals surface area contributed by atoms with E-state index in [1.165, 1.54) is 0 Å². The van der Waals surface area contributed by atoms with Crippen LogP contribution in [0.25, 0.3) is 0 Å². The first kappa shape index (κ1) is 12.2. The molecule has 0 aromatic heterocycles. The normalized spacial score (nSPS) is 15.7. The lowest BCUT2D eigenvalue weighted by Crippen LogP contribution is -2.31. The minimum atomic E-state index is -1.40. The average Bonchev–Trinajstić information content (AvgIpc) is 2.18. The van der Waals surface area contributed by atoms with E-state index in [0.717, 1.165) is 5.56 Å². The van der Waals surface area contributed by atoms with Gasteiger partial charge in [0, 0.05) is 5.54 Å².